The molecule has 7 heteroatoms. The molecule has 3 rings (SSSR count). The van der Waals surface area contributed by atoms with Crippen molar-refractivity contribution < 1.29 is 14.7 Å². The lowest BCUT2D eigenvalue weighted by atomic mass is 9.78. The normalized spacial score (nSPS) is 26.4. The molecular weight excluding hydrogens is 298 g/mol. The Kier molecular flexibility index (Phi) is 4.21. The molecule has 1 amide bonds. The van der Waals surface area contributed by atoms with Crippen LogP contribution in [0.1, 0.15) is 31.0 Å². The zero-order valence-electron chi connectivity index (χ0n) is 13.1. The van der Waals surface area contributed by atoms with Crippen LogP contribution in [-0.2, 0) is 9.59 Å². The van der Waals surface area contributed by atoms with Gasteiger partial charge in [0.05, 0.1) is 12.6 Å². The number of nitrogens with one attached hydrogen (secondary N) is 1. The predicted molar refractivity (Wildman–Crippen MR) is 83.3 cm³/mol. The van der Waals surface area contributed by atoms with Crippen molar-refractivity contribution in [2.75, 3.05) is 26.2 Å². The number of likely N-dealkylation sites (tertiary alicyclic amines) is 1. The monoisotopic (exact) mass is 319 g/mol. The maximum Gasteiger partial charge on any atom is 0.317 e. The number of carboxylic acids is 1. The number of carbonyl (C=O) groups excluding carboxylic acids is 1. The number of carbonyl (C=O) groups is 2. The number of rotatable bonds is 4. The van der Waals surface area contributed by atoms with Crippen LogP contribution in [0.5, 0.6) is 0 Å². The minimum absolute atomic E-state index is 0.0108. The van der Waals surface area contributed by atoms with Gasteiger partial charge in [-0.25, -0.2) is 0 Å². The Balaban J connectivity index is 1.95. The molecule has 0 unspecified atom stereocenters. The fraction of sp³-hybridized carbons (Fsp3) is 0.562. The third kappa shape index (κ3) is 3.14. The second kappa shape index (κ2) is 6.16. The molecule has 3 atom stereocenters. The molecule has 23 heavy (non-hydrogen) atoms. The van der Waals surface area contributed by atoms with Crippen molar-refractivity contribution in [3.63, 3.8) is 0 Å². The largest absolute Gasteiger partial charge is 0.480 e. The first-order valence-electron chi connectivity index (χ1n) is 7.85. The molecule has 1 fully saturated rings. The third-order valence-electron chi connectivity index (χ3n) is 4.79. The predicted octanol–water partition coefficient (Wildman–Crippen LogP) is 0.0292. The van der Waals surface area contributed by atoms with E-state index in [1.807, 2.05) is 11.0 Å². The molecule has 0 saturated carbocycles. The van der Waals surface area contributed by atoms with Gasteiger partial charge < -0.3 is 15.0 Å². The van der Waals surface area contributed by atoms with E-state index in [4.69, 9.17) is 5.11 Å². The van der Waals surface area contributed by atoms with Gasteiger partial charge in [-0.2, -0.15) is 0 Å². The number of piperidine rings is 1. The summed E-state index contributed by atoms with van der Waals surface area (Å²) in [5.74, 6) is -0.646. The summed E-state index contributed by atoms with van der Waals surface area (Å²) < 4.78 is 1.80. The summed E-state index contributed by atoms with van der Waals surface area (Å²) in [6.45, 7) is 3.15. The standard InChI is InChI=1S/C16H21N3O4/c1-10(20)17-6-14-12-5-11(7-18(8-12)9-16(22)23)13-3-2-4-15(21)19(13)14/h2-4,11-12,14H,5-9H2,1H3,(H,17,20)(H,22,23)/t11-,12+,14+/m1/s1. The molecule has 1 aromatic heterocycles. The Morgan fingerprint density at radius 2 is 2.13 bits per heavy atom. The first kappa shape index (κ1) is 15.7. The molecular formula is C16H21N3O4. The van der Waals surface area contributed by atoms with Crippen LogP contribution in [0.25, 0.3) is 0 Å². The van der Waals surface area contributed by atoms with Gasteiger partial charge in [-0.15, -0.1) is 0 Å². The van der Waals surface area contributed by atoms with Gasteiger partial charge in [-0.3, -0.25) is 19.3 Å². The average Bonchev–Trinajstić information content (AvgIpc) is 2.46. The van der Waals surface area contributed by atoms with Gasteiger partial charge in [-0.1, -0.05) is 6.07 Å². The summed E-state index contributed by atoms with van der Waals surface area (Å²) in [6, 6.07) is 5.10. The molecule has 0 spiro atoms. The van der Waals surface area contributed by atoms with Crippen LogP contribution < -0.4 is 10.9 Å². The van der Waals surface area contributed by atoms with Crippen molar-refractivity contribution in [2.45, 2.75) is 25.3 Å². The molecule has 0 aromatic carbocycles. The van der Waals surface area contributed by atoms with Crippen molar-refractivity contribution in [1.82, 2.24) is 14.8 Å². The van der Waals surface area contributed by atoms with Crippen LogP contribution in [0, 0.1) is 5.92 Å². The molecule has 2 aliphatic rings. The van der Waals surface area contributed by atoms with E-state index >= 15 is 0 Å². The van der Waals surface area contributed by atoms with Gasteiger partial charge >= 0.3 is 5.97 Å². The Morgan fingerprint density at radius 3 is 2.83 bits per heavy atom. The number of hydrogen-bond acceptors (Lipinski definition) is 4. The van der Waals surface area contributed by atoms with Gasteiger partial charge in [0.25, 0.3) is 5.56 Å². The van der Waals surface area contributed by atoms with Gasteiger partial charge in [-0.05, 0) is 18.4 Å². The Morgan fingerprint density at radius 1 is 1.35 bits per heavy atom. The summed E-state index contributed by atoms with van der Waals surface area (Å²) >= 11 is 0. The van der Waals surface area contributed by atoms with Gasteiger partial charge in [0.2, 0.25) is 5.91 Å². The molecule has 3 heterocycles. The summed E-state index contributed by atoms with van der Waals surface area (Å²) in [5, 5.41) is 11.9. The maximum absolute atomic E-state index is 12.4. The number of aliphatic carboxylic acids is 1. The van der Waals surface area contributed by atoms with Crippen molar-refractivity contribution in [2.24, 2.45) is 5.92 Å². The molecule has 7 nitrogen and oxygen atoms in total. The highest BCUT2D eigenvalue weighted by atomic mass is 16.4. The smallest absolute Gasteiger partial charge is 0.317 e. The third-order valence-corrected chi connectivity index (χ3v) is 4.79. The second-order valence-corrected chi connectivity index (χ2v) is 6.44. The van der Waals surface area contributed by atoms with Crippen LogP contribution in [0.2, 0.25) is 0 Å². The number of pyridine rings is 1. The van der Waals surface area contributed by atoms with Crippen LogP contribution in [-0.4, -0.2) is 52.6 Å². The number of hydrogen-bond donors (Lipinski definition) is 2. The van der Waals surface area contributed by atoms with E-state index in [1.54, 1.807) is 16.7 Å². The van der Waals surface area contributed by atoms with E-state index in [2.05, 4.69) is 5.32 Å². The van der Waals surface area contributed by atoms with E-state index in [0.717, 1.165) is 12.1 Å². The van der Waals surface area contributed by atoms with E-state index < -0.39 is 5.97 Å². The number of aromatic nitrogens is 1. The second-order valence-electron chi connectivity index (χ2n) is 6.44. The zero-order valence-corrected chi connectivity index (χ0v) is 13.1. The first-order chi connectivity index (χ1) is 11.0. The van der Waals surface area contributed by atoms with E-state index in [0.29, 0.717) is 19.6 Å². The number of nitrogens with zero attached hydrogens (tertiary/aromatic N) is 2. The van der Waals surface area contributed by atoms with Gasteiger partial charge in [0, 0.05) is 44.2 Å². The lowest BCUT2D eigenvalue weighted by molar-refractivity contribution is -0.139. The molecule has 2 N–H and O–H groups in total. The SMILES string of the molecule is CC(=O)NC[C@H]1[C@H]2C[C@H](CN(CC(=O)O)C2)c2cccc(=O)n21. The Hall–Kier alpha value is -2.15. The van der Waals surface area contributed by atoms with E-state index in [9.17, 15) is 14.4 Å². The molecule has 0 radical (unpaired) electrons. The van der Waals surface area contributed by atoms with E-state index in [-0.39, 0.29) is 35.9 Å². The lowest BCUT2D eigenvalue weighted by Gasteiger charge is -2.46. The zero-order chi connectivity index (χ0) is 16.6. The fourth-order valence-electron chi connectivity index (χ4n) is 3.97. The van der Waals surface area contributed by atoms with Gasteiger partial charge in [0.1, 0.15) is 0 Å². The van der Waals surface area contributed by atoms with Crippen LogP contribution in [0.4, 0.5) is 0 Å². The Labute approximate surface area is 133 Å². The maximum atomic E-state index is 12.4. The number of amides is 1. The summed E-state index contributed by atoms with van der Waals surface area (Å²) in [4.78, 5) is 36.6. The number of fused-ring (bicyclic) bond motifs is 4. The van der Waals surface area contributed by atoms with Crippen molar-refractivity contribution in [3.05, 3.63) is 34.2 Å². The summed E-state index contributed by atoms with van der Waals surface area (Å²) in [6.07, 6.45) is 0.920. The fourth-order valence-corrected chi connectivity index (χ4v) is 3.97. The Bertz CT molecular complexity index is 684. The molecule has 0 aliphatic carbocycles. The lowest BCUT2D eigenvalue weighted by Crippen LogP contribution is -2.52. The summed E-state index contributed by atoms with van der Waals surface area (Å²) in [5.41, 5.74) is 0.887. The van der Waals surface area contributed by atoms with Crippen LogP contribution >= 0.6 is 0 Å². The van der Waals surface area contributed by atoms with E-state index in [1.165, 1.54) is 6.92 Å². The average molecular weight is 319 g/mol. The minimum Gasteiger partial charge on any atom is -0.480 e. The molecule has 2 bridgehead atoms. The molecule has 1 saturated heterocycles. The highest BCUT2D eigenvalue weighted by Crippen LogP contribution is 2.40. The topological polar surface area (TPSA) is 91.6 Å². The van der Waals surface area contributed by atoms with Crippen LogP contribution in [0.15, 0.2) is 23.0 Å². The molecule has 124 valence electrons. The van der Waals surface area contributed by atoms with Gasteiger partial charge in [0.15, 0.2) is 0 Å². The highest BCUT2D eigenvalue weighted by molar-refractivity contribution is 5.72. The van der Waals surface area contributed by atoms with Crippen molar-refractivity contribution in [1.29, 1.82) is 0 Å². The number of carboxylic acid groups (broad SMARTS) is 1. The minimum atomic E-state index is -0.839. The van der Waals surface area contributed by atoms with Crippen LogP contribution in [0.3, 0.4) is 0 Å². The highest BCUT2D eigenvalue weighted by Gasteiger charge is 2.40. The quantitative estimate of drug-likeness (QED) is 0.817. The first-order valence-corrected chi connectivity index (χ1v) is 7.85. The molecule has 2 aliphatic heterocycles. The van der Waals surface area contributed by atoms with Crippen molar-refractivity contribution >= 4 is 11.9 Å². The summed E-state index contributed by atoms with van der Waals surface area (Å²) in [7, 11) is 0. The molecule has 1 aromatic rings. The van der Waals surface area contributed by atoms with Crippen molar-refractivity contribution in [3.8, 4) is 0 Å².